The third-order valence-corrected chi connectivity index (χ3v) is 2.14. The van der Waals surface area contributed by atoms with Crippen molar-refractivity contribution >= 4 is 11.6 Å². The lowest BCUT2D eigenvalue weighted by molar-refractivity contribution is 0.188. The van der Waals surface area contributed by atoms with Crippen LogP contribution in [0.1, 0.15) is 13.3 Å². The van der Waals surface area contributed by atoms with Crippen LogP contribution in [-0.4, -0.2) is 32.4 Å². The topological polar surface area (TPSA) is 62.5 Å². The zero-order valence-electron chi connectivity index (χ0n) is 8.89. The summed E-state index contributed by atoms with van der Waals surface area (Å²) in [5.41, 5.74) is 0.584. The zero-order valence-corrected chi connectivity index (χ0v) is 8.89. The molecule has 86 valence electrons. The second kappa shape index (κ2) is 4.44. The normalized spacial score (nSPS) is 12.9. The van der Waals surface area contributed by atoms with Crippen LogP contribution in [0.25, 0.3) is 5.65 Å². The van der Waals surface area contributed by atoms with Gasteiger partial charge in [0.05, 0.1) is 12.3 Å². The van der Waals surface area contributed by atoms with Crippen LogP contribution in [0.15, 0.2) is 18.3 Å². The maximum absolute atomic E-state index is 12.9. The van der Waals surface area contributed by atoms with E-state index >= 15 is 0 Å². The van der Waals surface area contributed by atoms with Crippen LogP contribution in [0.5, 0.6) is 0 Å². The fourth-order valence-electron chi connectivity index (χ4n) is 1.33. The Labute approximate surface area is 91.9 Å². The van der Waals surface area contributed by atoms with E-state index in [4.69, 9.17) is 5.11 Å². The number of anilines is 1. The number of rotatable bonds is 4. The van der Waals surface area contributed by atoms with Gasteiger partial charge < -0.3 is 10.4 Å². The highest BCUT2D eigenvalue weighted by Crippen LogP contribution is 2.06. The van der Waals surface area contributed by atoms with Gasteiger partial charge in [-0.2, -0.15) is 4.98 Å². The van der Waals surface area contributed by atoms with Crippen LogP contribution in [0.4, 0.5) is 10.3 Å². The zero-order chi connectivity index (χ0) is 11.5. The van der Waals surface area contributed by atoms with Crippen molar-refractivity contribution in [3.8, 4) is 0 Å². The summed E-state index contributed by atoms with van der Waals surface area (Å²) in [6.07, 6.45) is 1.52. The molecule has 2 aromatic rings. The molecule has 1 unspecified atom stereocenters. The molecule has 0 saturated carbocycles. The fourth-order valence-corrected chi connectivity index (χ4v) is 1.33. The van der Waals surface area contributed by atoms with E-state index in [-0.39, 0.29) is 11.9 Å². The van der Waals surface area contributed by atoms with E-state index < -0.39 is 0 Å². The molecular formula is C10H13FN4O. The average molecular weight is 224 g/mol. The summed E-state index contributed by atoms with van der Waals surface area (Å²) < 4.78 is 14.2. The molecule has 2 rings (SSSR count). The quantitative estimate of drug-likeness (QED) is 0.814. The Hall–Kier alpha value is -1.69. The number of aliphatic hydroxyl groups excluding tert-OH is 1. The number of hydrogen-bond donors (Lipinski definition) is 2. The lowest BCUT2D eigenvalue weighted by atomic mass is 10.3. The van der Waals surface area contributed by atoms with E-state index in [9.17, 15) is 4.39 Å². The van der Waals surface area contributed by atoms with Gasteiger partial charge >= 0.3 is 0 Å². The maximum atomic E-state index is 12.9. The molecule has 0 aromatic carbocycles. The van der Waals surface area contributed by atoms with Gasteiger partial charge in [-0.05, 0) is 25.5 Å². The van der Waals surface area contributed by atoms with Crippen molar-refractivity contribution < 1.29 is 9.50 Å². The Morgan fingerprint density at radius 3 is 3.12 bits per heavy atom. The van der Waals surface area contributed by atoms with Gasteiger partial charge in [0.15, 0.2) is 5.65 Å². The van der Waals surface area contributed by atoms with Crippen molar-refractivity contribution in [1.82, 2.24) is 14.6 Å². The summed E-state index contributed by atoms with van der Waals surface area (Å²) in [6, 6.07) is 2.89. The molecule has 0 amide bonds. The second-order valence-electron chi connectivity index (χ2n) is 3.65. The van der Waals surface area contributed by atoms with Crippen molar-refractivity contribution in [2.24, 2.45) is 0 Å². The number of pyridine rings is 1. The fraction of sp³-hybridized carbons (Fsp3) is 0.400. The molecule has 0 spiro atoms. The highest BCUT2D eigenvalue weighted by atomic mass is 19.1. The molecule has 5 nitrogen and oxygen atoms in total. The SMILES string of the molecule is CC(O)CCNc1nc2ccc(F)cn2n1. The third-order valence-electron chi connectivity index (χ3n) is 2.14. The summed E-state index contributed by atoms with van der Waals surface area (Å²) in [7, 11) is 0. The minimum absolute atomic E-state index is 0.354. The van der Waals surface area contributed by atoms with Gasteiger partial charge in [0, 0.05) is 6.54 Å². The van der Waals surface area contributed by atoms with Crippen LogP contribution in [0.2, 0.25) is 0 Å². The van der Waals surface area contributed by atoms with Crippen LogP contribution >= 0.6 is 0 Å². The number of halogens is 1. The smallest absolute Gasteiger partial charge is 0.243 e. The Morgan fingerprint density at radius 2 is 2.38 bits per heavy atom. The average Bonchev–Trinajstić information content (AvgIpc) is 2.58. The van der Waals surface area contributed by atoms with Crippen molar-refractivity contribution in [1.29, 1.82) is 0 Å². The molecule has 2 aromatic heterocycles. The number of fused-ring (bicyclic) bond motifs is 1. The molecule has 0 fully saturated rings. The molecule has 0 bridgehead atoms. The highest BCUT2D eigenvalue weighted by Gasteiger charge is 2.03. The summed E-state index contributed by atoms with van der Waals surface area (Å²) in [6.45, 7) is 2.30. The summed E-state index contributed by atoms with van der Waals surface area (Å²) in [5.74, 6) is 0.0826. The van der Waals surface area contributed by atoms with E-state index in [2.05, 4.69) is 15.4 Å². The van der Waals surface area contributed by atoms with Crippen molar-refractivity contribution in [2.75, 3.05) is 11.9 Å². The lowest BCUT2D eigenvalue weighted by Gasteiger charge is -2.03. The second-order valence-corrected chi connectivity index (χ2v) is 3.65. The van der Waals surface area contributed by atoms with E-state index in [1.807, 2.05) is 0 Å². The van der Waals surface area contributed by atoms with E-state index in [1.54, 1.807) is 13.0 Å². The molecule has 0 saturated heterocycles. The Bertz CT molecular complexity index is 483. The van der Waals surface area contributed by atoms with Crippen LogP contribution in [-0.2, 0) is 0 Å². The van der Waals surface area contributed by atoms with Crippen molar-refractivity contribution in [2.45, 2.75) is 19.4 Å². The summed E-state index contributed by atoms with van der Waals surface area (Å²) in [4.78, 5) is 4.14. The van der Waals surface area contributed by atoms with Gasteiger partial charge in [-0.1, -0.05) is 0 Å². The molecular weight excluding hydrogens is 211 g/mol. The van der Waals surface area contributed by atoms with Gasteiger partial charge in [0.1, 0.15) is 5.82 Å². The van der Waals surface area contributed by atoms with E-state index in [0.29, 0.717) is 24.6 Å². The molecule has 0 aliphatic carbocycles. The summed E-state index contributed by atoms with van der Waals surface area (Å²) in [5, 5.41) is 16.1. The summed E-state index contributed by atoms with van der Waals surface area (Å²) >= 11 is 0. The predicted molar refractivity (Wildman–Crippen MR) is 57.7 cm³/mol. The molecule has 1 atom stereocenters. The number of nitrogens with one attached hydrogen (secondary N) is 1. The van der Waals surface area contributed by atoms with Gasteiger partial charge in [-0.25, -0.2) is 8.91 Å². The predicted octanol–water partition coefficient (Wildman–Crippen LogP) is 1.05. The molecule has 0 aliphatic heterocycles. The van der Waals surface area contributed by atoms with Crippen molar-refractivity contribution in [3.63, 3.8) is 0 Å². The number of aromatic nitrogens is 3. The Balaban J connectivity index is 2.08. The van der Waals surface area contributed by atoms with Gasteiger partial charge in [-0.15, -0.1) is 5.10 Å². The number of nitrogens with zero attached hydrogens (tertiary/aromatic N) is 3. The monoisotopic (exact) mass is 224 g/mol. The first-order valence-electron chi connectivity index (χ1n) is 5.09. The minimum atomic E-state index is -0.359. The van der Waals surface area contributed by atoms with Gasteiger partial charge in [-0.3, -0.25) is 0 Å². The first-order chi connectivity index (χ1) is 7.65. The molecule has 0 aliphatic rings. The van der Waals surface area contributed by atoms with E-state index in [0.717, 1.165) is 0 Å². The van der Waals surface area contributed by atoms with Gasteiger partial charge in [0.2, 0.25) is 5.95 Å². The first-order valence-corrected chi connectivity index (χ1v) is 5.09. The van der Waals surface area contributed by atoms with Gasteiger partial charge in [0.25, 0.3) is 0 Å². The largest absolute Gasteiger partial charge is 0.393 e. The minimum Gasteiger partial charge on any atom is -0.393 e. The molecule has 16 heavy (non-hydrogen) atoms. The first kappa shape index (κ1) is 10.8. The Kier molecular flexibility index (Phi) is 3.00. The van der Waals surface area contributed by atoms with Crippen LogP contribution in [0, 0.1) is 5.82 Å². The molecule has 2 N–H and O–H groups in total. The number of hydrogen-bond acceptors (Lipinski definition) is 4. The van der Waals surface area contributed by atoms with Crippen LogP contribution < -0.4 is 5.32 Å². The maximum Gasteiger partial charge on any atom is 0.243 e. The van der Waals surface area contributed by atoms with Crippen LogP contribution in [0.3, 0.4) is 0 Å². The lowest BCUT2D eigenvalue weighted by Crippen LogP contribution is -2.10. The Morgan fingerprint density at radius 1 is 1.56 bits per heavy atom. The highest BCUT2D eigenvalue weighted by molar-refractivity contribution is 5.42. The number of aliphatic hydroxyl groups is 1. The third kappa shape index (κ3) is 2.46. The molecule has 0 radical (unpaired) electrons. The molecule has 2 heterocycles. The van der Waals surface area contributed by atoms with Crippen molar-refractivity contribution in [3.05, 3.63) is 24.1 Å². The standard InChI is InChI=1S/C10H13FN4O/c1-7(16)4-5-12-10-13-9-3-2-8(11)6-15(9)14-10/h2-3,6-7,16H,4-5H2,1H3,(H,12,14). The van der Waals surface area contributed by atoms with E-state index in [1.165, 1.54) is 16.8 Å². The molecule has 6 heteroatoms.